The number of Topliss-reactive ketones (excluding diaryl/α,β-unsaturated/α-hetero) is 1. The minimum absolute atomic E-state index is 0.128. The molecule has 1 rings (SSSR count). The van der Waals surface area contributed by atoms with Crippen molar-refractivity contribution in [1.29, 1.82) is 0 Å². The van der Waals surface area contributed by atoms with Crippen molar-refractivity contribution >= 4 is 5.78 Å². The fraction of sp³-hybridized carbons (Fsp3) is 0.933. The zero-order valence-electron chi connectivity index (χ0n) is 11.6. The molecule has 0 saturated heterocycles. The molecule has 2 heteroatoms. The molecule has 1 aliphatic carbocycles. The maximum atomic E-state index is 11.0. The van der Waals surface area contributed by atoms with E-state index in [0.29, 0.717) is 0 Å². The smallest absolute Gasteiger partial charge is 0.146 e. The van der Waals surface area contributed by atoms with Crippen LogP contribution in [0.5, 0.6) is 0 Å². The van der Waals surface area contributed by atoms with E-state index in [-0.39, 0.29) is 11.8 Å². The minimum atomic E-state index is -0.229. The average Bonchev–Trinajstić information content (AvgIpc) is 2.78. The molecule has 0 bridgehead atoms. The number of rotatable bonds is 8. The van der Waals surface area contributed by atoms with Crippen molar-refractivity contribution in [2.24, 2.45) is 17.6 Å². The molecule has 0 aliphatic heterocycles. The van der Waals surface area contributed by atoms with Crippen LogP contribution in [0.4, 0.5) is 0 Å². The highest BCUT2D eigenvalue weighted by molar-refractivity contribution is 5.80. The molecule has 0 amide bonds. The van der Waals surface area contributed by atoms with Gasteiger partial charge < -0.3 is 5.73 Å². The summed E-state index contributed by atoms with van der Waals surface area (Å²) in [6.45, 7) is 3.89. The molecule has 2 N–H and O–H groups in total. The summed E-state index contributed by atoms with van der Waals surface area (Å²) < 4.78 is 0. The predicted molar refractivity (Wildman–Crippen MR) is 72.9 cm³/mol. The van der Waals surface area contributed by atoms with Crippen molar-refractivity contribution in [2.45, 2.75) is 77.7 Å². The lowest BCUT2D eigenvalue weighted by Gasteiger charge is -2.15. The third-order valence-electron chi connectivity index (χ3n) is 4.28. The molecule has 2 nitrogen and oxygen atoms in total. The summed E-state index contributed by atoms with van der Waals surface area (Å²) >= 11 is 0. The van der Waals surface area contributed by atoms with Crippen molar-refractivity contribution in [3.05, 3.63) is 0 Å². The second-order valence-corrected chi connectivity index (χ2v) is 5.98. The van der Waals surface area contributed by atoms with Crippen LogP contribution in [0.1, 0.15) is 71.6 Å². The lowest BCUT2D eigenvalue weighted by atomic mass is 9.92. The van der Waals surface area contributed by atoms with Gasteiger partial charge in [-0.3, -0.25) is 4.79 Å². The first-order chi connectivity index (χ1) is 8.09. The van der Waals surface area contributed by atoms with E-state index >= 15 is 0 Å². The third-order valence-corrected chi connectivity index (χ3v) is 4.28. The summed E-state index contributed by atoms with van der Waals surface area (Å²) in [6.07, 6.45) is 11.9. The SMILES string of the molecule is CC(=O)C(N)CCC(C)CCCC1CCCC1. The Morgan fingerprint density at radius 1 is 1.24 bits per heavy atom. The van der Waals surface area contributed by atoms with E-state index in [1.165, 1.54) is 44.9 Å². The van der Waals surface area contributed by atoms with E-state index in [0.717, 1.165) is 24.7 Å². The summed E-state index contributed by atoms with van der Waals surface area (Å²) in [7, 11) is 0. The van der Waals surface area contributed by atoms with Crippen LogP contribution in [0.15, 0.2) is 0 Å². The number of ketones is 1. The van der Waals surface area contributed by atoms with Crippen molar-refractivity contribution in [2.75, 3.05) is 0 Å². The predicted octanol–water partition coefficient (Wildman–Crippen LogP) is 3.68. The van der Waals surface area contributed by atoms with Gasteiger partial charge in [0.1, 0.15) is 5.78 Å². The van der Waals surface area contributed by atoms with E-state index in [4.69, 9.17) is 5.73 Å². The Bertz CT molecular complexity index is 221. The molecule has 2 atom stereocenters. The van der Waals surface area contributed by atoms with Crippen LogP contribution in [0.2, 0.25) is 0 Å². The highest BCUT2D eigenvalue weighted by Crippen LogP contribution is 2.29. The van der Waals surface area contributed by atoms with E-state index in [1.54, 1.807) is 6.92 Å². The maximum Gasteiger partial charge on any atom is 0.146 e. The minimum Gasteiger partial charge on any atom is -0.322 e. The van der Waals surface area contributed by atoms with Crippen LogP contribution in [-0.2, 0) is 4.79 Å². The van der Waals surface area contributed by atoms with Gasteiger partial charge in [-0.2, -0.15) is 0 Å². The highest BCUT2D eigenvalue weighted by atomic mass is 16.1. The first-order valence-corrected chi connectivity index (χ1v) is 7.35. The van der Waals surface area contributed by atoms with E-state index < -0.39 is 0 Å². The standard InChI is InChI=1S/C15H29NO/c1-12(10-11-15(16)13(2)17)6-5-9-14-7-3-4-8-14/h12,14-15H,3-11,16H2,1-2H3. The van der Waals surface area contributed by atoms with Gasteiger partial charge in [-0.05, 0) is 31.6 Å². The molecule has 0 aromatic carbocycles. The first-order valence-electron chi connectivity index (χ1n) is 7.35. The van der Waals surface area contributed by atoms with Crippen LogP contribution in [0.3, 0.4) is 0 Å². The van der Waals surface area contributed by atoms with Crippen molar-refractivity contribution < 1.29 is 4.79 Å². The van der Waals surface area contributed by atoms with Gasteiger partial charge in [-0.15, -0.1) is 0 Å². The van der Waals surface area contributed by atoms with Gasteiger partial charge in [0.25, 0.3) is 0 Å². The van der Waals surface area contributed by atoms with Crippen molar-refractivity contribution in [3.8, 4) is 0 Å². The Balaban J connectivity index is 2.00. The maximum absolute atomic E-state index is 11.0. The molecule has 1 saturated carbocycles. The number of hydrogen-bond acceptors (Lipinski definition) is 2. The van der Waals surface area contributed by atoms with Crippen LogP contribution >= 0.6 is 0 Å². The molecule has 17 heavy (non-hydrogen) atoms. The topological polar surface area (TPSA) is 43.1 Å². The molecule has 1 fully saturated rings. The molecule has 100 valence electrons. The summed E-state index contributed by atoms with van der Waals surface area (Å²) in [6, 6.07) is -0.229. The first kappa shape index (κ1) is 14.7. The lowest BCUT2D eigenvalue weighted by molar-refractivity contribution is -0.118. The number of hydrogen-bond donors (Lipinski definition) is 1. The van der Waals surface area contributed by atoms with Gasteiger partial charge >= 0.3 is 0 Å². The van der Waals surface area contributed by atoms with Gasteiger partial charge in [0.2, 0.25) is 0 Å². The Morgan fingerprint density at radius 2 is 1.88 bits per heavy atom. The van der Waals surface area contributed by atoms with Crippen molar-refractivity contribution in [1.82, 2.24) is 0 Å². The number of nitrogens with two attached hydrogens (primary N) is 1. The molecule has 1 aliphatic rings. The van der Waals surface area contributed by atoms with Crippen molar-refractivity contribution in [3.63, 3.8) is 0 Å². The molecular weight excluding hydrogens is 210 g/mol. The van der Waals surface area contributed by atoms with E-state index in [1.807, 2.05) is 0 Å². The third kappa shape index (κ3) is 6.21. The fourth-order valence-corrected chi connectivity index (χ4v) is 2.87. The lowest BCUT2D eigenvalue weighted by Crippen LogP contribution is -2.28. The zero-order valence-corrected chi connectivity index (χ0v) is 11.6. The molecule has 0 radical (unpaired) electrons. The summed E-state index contributed by atoms with van der Waals surface area (Å²) in [5.41, 5.74) is 5.74. The Labute approximate surface area is 106 Å². The second-order valence-electron chi connectivity index (χ2n) is 5.98. The van der Waals surface area contributed by atoms with Gasteiger partial charge in [0.15, 0.2) is 0 Å². The van der Waals surface area contributed by atoms with Gasteiger partial charge in [-0.25, -0.2) is 0 Å². The average molecular weight is 239 g/mol. The Hall–Kier alpha value is -0.370. The zero-order chi connectivity index (χ0) is 12.7. The van der Waals surface area contributed by atoms with Gasteiger partial charge in [0, 0.05) is 0 Å². The number of carbonyl (C=O) groups is 1. The fourth-order valence-electron chi connectivity index (χ4n) is 2.87. The quantitative estimate of drug-likeness (QED) is 0.702. The molecular formula is C15H29NO. The van der Waals surface area contributed by atoms with Gasteiger partial charge in [0.05, 0.1) is 6.04 Å². The number of carbonyl (C=O) groups excluding carboxylic acids is 1. The largest absolute Gasteiger partial charge is 0.322 e. The van der Waals surface area contributed by atoms with E-state index in [2.05, 4.69) is 6.92 Å². The van der Waals surface area contributed by atoms with Crippen LogP contribution in [-0.4, -0.2) is 11.8 Å². The van der Waals surface area contributed by atoms with Crippen LogP contribution in [0.25, 0.3) is 0 Å². The summed E-state index contributed by atoms with van der Waals surface area (Å²) in [5, 5.41) is 0. The molecule has 0 aromatic heterocycles. The van der Waals surface area contributed by atoms with Gasteiger partial charge in [-0.1, -0.05) is 51.9 Å². The summed E-state index contributed by atoms with van der Waals surface area (Å²) in [4.78, 5) is 11.0. The summed E-state index contributed by atoms with van der Waals surface area (Å²) in [5.74, 6) is 1.87. The Kier molecular flexibility index (Phi) is 6.79. The molecule has 2 unspecified atom stereocenters. The van der Waals surface area contributed by atoms with Crippen LogP contribution in [0, 0.1) is 11.8 Å². The Morgan fingerprint density at radius 3 is 2.47 bits per heavy atom. The van der Waals surface area contributed by atoms with Crippen LogP contribution < -0.4 is 5.73 Å². The molecule has 0 aromatic rings. The highest BCUT2D eigenvalue weighted by Gasteiger charge is 2.15. The molecule has 0 heterocycles. The normalized spacial score (nSPS) is 20.4. The van der Waals surface area contributed by atoms with E-state index in [9.17, 15) is 4.79 Å². The molecule has 0 spiro atoms. The second kappa shape index (κ2) is 7.86. The monoisotopic (exact) mass is 239 g/mol.